The molecule has 5 rings (SSSR count). The van der Waals surface area contributed by atoms with E-state index in [1.807, 2.05) is 78.9 Å². The van der Waals surface area contributed by atoms with Crippen LogP contribution in [0.15, 0.2) is 133 Å². The standard InChI is InChI=1S/C19H13Br2NO.C12H9Br2N.CH4/c20-16-11-15(13-7-3-1-4-8-13)12-17(21)18(16)22-19(23)14-9-5-2-6-10-14;13-10-6-9(7-11(14)12(10)15)8-4-2-1-3-5-8;/h1-12H,(H,22,23);1-7H,15H2;1H4. The quantitative estimate of drug-likeness (QED) is 0.179. The number of benzene rings is 5. The summed E-state index contributed by atoms with van der Waals surface area (Å²) in [7, 11) is 0. The molecule has 0 saturated carbocycles. The van der Waals surface area contributed by atoms with Gasteiger partial charge in [0.2, 0.25) is 0 Å². The second kappa shape index (κ2) is 14.6. The number of anilines is 2. The van der Waals surface area contributed by atoms with Crippen LogP contribution in [0.1, 0.15) is 17.8 Å². The number of nitrogens with one attached hydrogen (secondary N) is 1. The maximum Gasteiger partial charge on any atom is 0.255 e. The zero-order valence-corrected chi connectivity index (χ0v) is 26.3. The normalized spacial score (nSPS) is 10.1. The number of halogens is 4. The third-order valence-electron chi connectivity index (χ3n) is 5.61. The number of nitrogens with two attached hydrogens (primary N) is 1. The third kappa shape index (κ3) is 8.15. The van der Waals surface area contributed by atoms with Crippen molar-refractivity contribution < 1.29 is 4.79 Å². The van der Waals surface area contributed by atoms with Crippen molar-refractivity contribution in [1.82, 2.24) is 0 Å². The van der Waals surface area contributed by atoms with Crippen LogP contribution in [0.4, 0.5) is 11.4 Å². The van der Waals surface area contributed by atoms with E-state index in [-0.39, 0.29) is 13.3 Å². The molecule has 3 nitrogen and oxygen atoms in total. The predicted octanol–water partition coefficient (Wildman–Crippen LogP) is 11.2. The number of carbonyl (C=O) groups excluding carboxylic acids is 1. The first-order valence-electron chi connectivity index (χ1n) is 11.5. The van der Waals surface area contributed by atoms with Crippen LogP contribution in [0.3, 0.4) is 0 Å². The van der Waals surface area contributed by atoms with Gasteiger partial charge in [-0.25, -0.2) is 0 Å². The Bertz CT molecular complexity index is 1500. The van der Waals surface area contributed by atoms with Crippen LogP contribution >= 0.6 is 63.7 Å². The van der Waals surface area contributed by atoms with Crippen LogP contribution in [-0.4, -0.2) is 5.91 Å². The fourth-order valence-corrected chi connectivity index (χ4v) is 6.22. The molecule has 39 heavy (non-hydrogen) atoms. The molecule has 0 aliphatic heterocycles. The zero-order valence-electron chi connectivity index (χ0n) is 20.0. The van der Waals surface area contributed by atoms with Gasteiger partial charge in [0.05, 0.1) is 11.4 Å². The highest BCUT2D eigenvalue weighted by Gasteiger charge is 2.13. The van der Waals surface area contributed by atoms with Gasteiger partial charge >= 0.3 is 0 Å². The molecule has 3 N–H and O–H groups in total. The van der Waals surface area contributed by atoms with Crippen molar-refractivity contribution in [2.75, 3.05) is 11.1 Å². The van der Waals surface area contributed by atoms with Gasteiger partial charge in [-0.2, -0.15) is 0 Å². The molecular weight excluding hydrogens is 748 g/mol. The molecule has 0 bridgehead atoms. The minimum Gasteiger partial charge on any atom is -0.397 e. The molecule has 0 atom stereocenters. The third-order valence-corrected chi connectivity index (χ3v) is 8.17. The molecule has 0 fully saturated rings. The highest BCUT2D eigenvalue weighted by Crippen LogP contribution is 2.36. The van der Waals surface area contributed by atoms with Gasteiger partial charge in [-0.1, -0.05) is 86.3 Å². The summed E-state index contributed by atoms with van der Waals surface area (Å²) in [5.74, 6) is -0.139. The maximum atomic E-state index is 12.3. The van der Waals surface area contributed by atoms with Gasteiger partial charge in [0.1, 0.15) is 0 Å². The average Bonchev–Trinajstić information content (AvgIpc) is 2.95. The molecule has 0 saturated heterocycles. The van der Waals surface area contributed by atoms with E-state index in [2.05, 4.69) is 93.3 Å². The monoisotopic (exact) mass is 770 g/mol. The Morgan fingerprint density at radius 1 is 0.538 bits per heavy atom. The summed E-state index contributed by atoms with van der Waals surface area (Å²) >= 11 is 14.0. The number of hydrogen-bond donors (Lipinski definition) is 2. The van der Waals surface area contributed by atoms with Crippen molar-refractivity contribution >= 4 is 81.0 Å². The van der Waals surface area contributed by atoms with E-state index in [1.165, 1.54) is 5.56 Å². The highest BCUT2D eigenvalue weighted by atomic mass is 79.9. The molecule has 0 aliphatic carbocycles. The Kier molecular flexibility index (Phi) is 11.5. The Labute approximate surface area is 263 Å². The van der Waals surface area contributed by atoms with Gasteiger partial charge in [-0.3, -0.25) is 4.79 Å². The molecular formula is C32H26Br4N2O. The molecule has 7 heteroatoms. The van der Waals surface area contributed by atoms with Crippen molar-refractivity contribution in [2.45, 2.75) is 7.43 Å². The number of carbonyl (C=O) groups is 1. The molecule has 5 aromatic carbocycles. The topological polar surface area (TPSA) is 55.1 Å². The number of nitrogen functional groups attached to an aromatic ring is 1. The molecule has 1 amide bonds. The van der Waals surface area contributed by atoms with Gasteiger partial charge in [0.25, 0.3) is 5.91 Å². The summed E-state index contributed by atoms with van der Waals surface area (Å²) < 4.78 is 3.48. The van der Waals surface area contributed by atoms with E-state index in [1.54, 1.807) is 12.1 Å². The van der Waals surface area contributed by atoms with E-state index < -0.39 is 0 Å². The van der Waals surface area contributed by atoms with E-state index in [9.17, 15) is 4.79 Å². The molecule has 0 radical (unpaired) electrons. The Morgan fingerprint density at radius 2 is 0.897 bits per heavy atom. The molecule has 0 aliphatic rings. The first-order chi connectivity index (χ1) is 18.3. The molecule has 0 unspecified atom stereocenters. The van der Waals surface area contributed by atoms with Gasteiger partial charge in [-0.05, 0) is 122 Å². The number of rotatable bonds is 4. The van der Waals surface area contributed by atoms with Crippen LogP contribution in [0.2, 0.25) is 0 Å². The molecule has 0 aromatic heterocycles. The molecule has 5 aromatic rings. The molecule has 0 heterocycles. The van der Waals surface area contributed by atoms with E-state index in [0.29, 0.717) is 5.56 Å². The lowest BCUT2D eigenvalue weighted by atomic mass is 10.1. The summed E-state index contributed by atoms with van der Waals surface area (Å²) in [4.78, 5) is 12.3. The van der Waals surface area contributed by atoms with Gasteiger partial charge < -0.3 is 11.1 Å². The zero-order chi connectivity index (χ0) is 27.1. The van der Waals surface area contributed by atoms with Gasteiger partial charge in [-0.15, -0.1) is 0 Å². The predicted molar refractivity (Wildman–Crippen MR) is 180 cm³/mol. The lowest BCUT2D eigenvalue weighted by molar-refractivity contribution is 0.102. The van der Waals surface area contributed by atoms with Crippen LogP contribution in [0, 0.1) is 0 Å². The Balaban J connectivity index is 0.000000228. The van der Waals surface area contributed by atoms with Gasteiger partial charge in [0.15, 0.2) is 0 Å². The minimum atomic E-state index is -0.139. The second-order valence-corrected chi connectivity index (χ2v) is 11.6. The van der Waals surface area contributed by atoms with Crippen LogP contribution in [0.25, 0.3) is 22.3 Å². The highest BCUT2D eigenvalue weighted by molar-refractivity contribution is 9.11. The van der Waals surface area contributed by atoms with Crippen LogP contribution in [-0.2, 0) is 0 Å². The summed E-state index contributed by atoms with van der Waals surface area (Å²) in [6.07, 6.45) is 0. The number of hydrogen-bond acceptors (Lipinski definition) is 2. The first kappa shape index (κ1) is 30.8. The van der Waals surface area contributed by atoms with Gasteiger partial charge in [0, 0.05) is 23.5 Å². The van der Waals surface area contributed by atoms with Crippen molar-refractivity contribution in [3.63, 3.8) is 0 Å². The largest absolute Gasteiger partial charge is 0.397 e. The molecule has 198 valence electrons. The summed E-state index contributed by atoms with van der Waals surface area (Å²) in [5.41, 5.74) is 12.4. The fraction of sp³-hybridized carbons (Fsp3) is 0.0312. The van der Waals surface area contributed by atoms with E-state index >= 15 is 0 Å². The first-order valence-corrected chi connectivity index (χ1v) is 14.7. The second-order valence-electron chi connectivity index (χ2n) is 8.22. The smallest absolute Gasteiger partial charge is 0.255 e. The van der Waals surface area contributed by atoms with E-state index in [0.717, 1.165) is 46.0 Å². The summed E-state index contributed by atoms with van der Waals surface area (Å²) in [6, 6.07) is 37.5. The van der Waals surface area contributed by atoms with Crippen molar-refractivity contribution in [3.8, 4) is 22.3 Å². The summed E-state index contributed by atoms with van der Waals surface area (Å²) in [6.45, 7) is 0. The SMILES string of the molecule is C.Nc1c(Br)cc(-c2ccccc2)cc1Br.O=C(Nc1c(Br)cc(-c2ccccc2)cc1Br)c1ccccc1. The Morgan fingerprint density at radius 3 is 1.31 bits per heavy atom. The Hall–Kier alpha value is -2.71. The van der Waals surface area contributed by atoms with E-state index in [4.69, 9.17) is 5.73 Å². The van der Waals surface area contributed by atoms with Crippen molar-refractivity contribution in [2.24, 2.45) is 0 Å². The van der Waals surface area contributed by atoms with Crippen LogP contribution in [0.5, 0.6) is 0 Å². The average molecular weight is 774 g/mol. The lowest BCUT2D eigenvalue weighted by Gasteiger charge is -2.12. The van der Waals surface area contributed by atoms with Crippen molar-refractivity contribution in [3.05, 3.63) is 139 Å². The van der Waals surface area contributed by atoms with Crippen LogP contribution < -0.4 is 11.1 Å². The summed E-state index contributed by atoms with van der Waals surface area (Å²) in [5, 5.41) is 2.94. The number of amides is 1. The molecule has 0 spiro atoms. The van der Waals surface area contributed by atoms with Crippen molar-refractivity contribution in [1.29, 1.82) is 0 Å². The maximum absolute atomic E-state index is 12.3. The lowest BCUT2D eigenvalue weighted by Crippen LogP contribution is -2.12. The fourth-order valence-electron chi connectivity index (χ4n) is 3.65. The minimum absolute atomic E-state index is 0.